The number of benzene rings is 3. The quantitative estimate of drug-likeness (QED) is 0.246. The molecule has 0 aliphatic heterocycles. The van der Waals surface area contributed by atoms with Crippen molar-refractivity contribution in [1.29, 1.82) is 10.5 Å². The second-order valence-corrected chi connectivity index (χ2v) is 9.37. The molecule has 5 rings (SSSR count). The van der Waals surface area contributed by atoms with E-state index < -0.39 is 10.8 Å². The second-order valence-electron chi connectivity index (χ2n) is 9.37. The Labute approximate surface area is 223 Å². The number of pyridine rings is 2. The third-order valence-corrected chi connectivity index (χ3v) is 7.08. The number of nitriles is 2. The van der Waals surface area contributed by atoms with Gasteiger partial charge in [-0.3, -0.25) is 9.97 Å². The number of hydrogen-bond acceptors (Lipinski definition) is 4. The minimum Gasteiger partial charge on any atom is -0.259 e. The number of nitrogens with zero attached hydrogens (tertiary/aromatic N) is 4. The first-order valence-electron chi connectivity index (χ1n) is 12.5. The highest BCUT2D eigenvalue weighted by molar-refractivity contribution is 5.47. The fraction of sp³-hybridized carbons (Fsp3) is 0.118. The molecular formula is C34H26N4. The van der Waals surface area contributed by atoms with Crippen molar-refractivity contribution < 1.29 is 0 Å². The van der Waals surface area contributed by atoms with Crippen LogP contribution in [0.3, 0.4) is 0 Å². The van der Waals surface area contributed by atoms with Crippen molar-refractivity contribution in [2.75, 3.05) is 0 Å². The SMILES string of the molecule is N#CC(Cc1ccc(CC(C#N)(c2ccccc2)c2ccccn2)cc1)(c1ccccc1)c1ccccn1. The highest BCUT2D eigenvalue weighted by atomic mass is 14.7. The van der Waals surface area contributed by atoms with Gasteiger partial charge in [0.2, 0.25) is 0 Å². The first-order valence-corrected chi connectivity index (χ1v) is 12.5. The smallest absolute Gasteiger partial charge is 0.128 e. The lowest BCUT2D eigenvalue weighted by molar-refractivity contribution is 0.624. The van der Waals surface area contributed by atoms with E-state index in [9.17, 15) is 10.5 Å². The molecule has 0 fully saturated rings. The zero-order chi connectivity index (χ0) is 26.3. The summed E-state index contributed by atoms with van der Waals surface area (Å²) >= 11 is 0. The molecule has 0 saturated carbocycles. The molecule has 5 aromatic rings. The summed E-state index contributed by atoms with van der Waals surface area (Å²) < 4.78 is 0. The molecule has 0 aliphatic rings. The normalized spacial score (nSPS) is 13.8. The van der Waals surface area contributed by atoms with Crippen LogP contribution < -0.4 is 0 Å². The summed E-state index contributed by atoms with van der Waals surface area (Å²) in [5.41, 5.74) is 3.47. The van der Waals surface area contributed by atoms with E-state index in [4.69, 9.17) is 0 Å². The predicted octanol–water partition coefficient (Wildman–Crippen LogP) is 6.58. The van der Waals surface area contributed by atoms with Crippen molar-refractivity contribution in [2.45, 2.75) is 23.7 Å². The van der Waals surface area contributed by atoms with Gasteiger partial charge in [0.05, 0.1) is 23.5 Å². The first kappa shape index (κ1) is 24.6. The largest absolute Gasteiger partial charge is 0.259 e. The zero-order valence-electron chi connectivity index (χ0n) is 20.9. The van der Waals surface area contributed by atoms with Crippen molar-refractivity contribution >= 4 is 0 Å². The number of aromatic nitrogens is 2. The van der Waals surface area contributed by atoms with Crippen LogP contribution in [-0.2, 0) is 23.7 Å². The van der Waals surface area contributed by atoms with Gasteiger partial charge < -0.3 is 0 Å². The fourth-order valence-corrected chi connectivity index (χ4v) is 5.07. The summed E-state index contributed by atoms with van der Waals surface area (Å²) in [7, 11) is 0. The van der Waals surface area contributed by atoms with E-state index in [1.54, 1.807) is 12.4 Å². The molecular weight excluding hydrogens is 464 g/mol. The molecule has 0 aliphatic carbocycles. The van der Waals surface area contributed by atoms with Gasteiger partial charge in [-0.15, -0.1) is 0 Å². The van der Waals surface area contributed by atoms with Crippen molar-refractivity contribution in [3.05, 3.63) is 167 Å². The van der Waals surface area contributed by atoms with Gasteiger partial charge in [0, 0.05) is 25.2 Å². The molecule has 38 heavy (non-hydrogen) atoms. The third-order valence-electron chi connectivity index (χ3n) is 7.08. The maximum atomic E-state index is 10.5. The van der Waals surface area contributed by atoms with Crippen LogP contribution in [0.2, 0.25) is 0 Å². The summed E-state index contributed by atoms with van der Waals surface area (Å²) in [6.45, 7) is 0. The van der Waals surface area contributed by atoms with Crippen molar-refractivity contribution in [3.63, 3.8) is 0 Å². The molecule has 0 N–H and O–H groups in total. The first-order chi connectivity index (χ1) is 18.7. The Bertz CT molecular complexity index is 1350. The van der Waals surface area contributed by atoms with Gasteiger partial charge in [0.25, 0.3) is 0 Å². The van der Waals surface area contributed by atoms with Gasteiger partial charge in [-0.25, -0.2) is 0 Å². The lowest BCUT2D eigenvalue weighted by Gasteiger charge is -2.28. The van der Waals surface area contributed by atoms with E-state index in [0.717, 1.165) is 33.6 Å². The van der Waals surface area contributed by atoms with Crippen molar-refractivity contribution in [1.82, 2.24) is 9.97 Å². The maximum Gasteiger partial charge on any atom is 0.128 e. The Balaban J connectivity index is 1.50. The molecule has 0 bridgehead atoms. The molecule has 4 nitrogen and oxygen atoms in total. The summed E-state index contributed by atoms with van der Waals surface area (Å²) in [5, 5.41) is 21.0. The van der Waals surface area contributed by atoms with Crippen molar-refractivity contribution in [2.24, 2.45) is 0 Å². The molecule has 2 unspecified atom stereocenters. The molecule has 182 valence electrons. The highest BCUT2D eigenvalue weighted by Crippen LogP contribution is 2.36. The lowest BCUT2D eigenvalue weighted by Crippen LogP contribution is -2.30. The summed E-state index contributed by atoms with van der Waals surface area (Å²) in [6.07, 6.45) is 4.42. The Kier molecular flexibility index (Phi) is 7.07. The van der Waals surface area contributed by atoms with Crippen LogP contribution >= 0.6 is 0 Å². The Morgan fingerprint density at radius 2 is 0.842 bits per heavy atom. The minimum atomic E-state index is -0.918. The van der Waals surface area contributed by atoms with E-state index in [-0.39, 0.29) is 0 Å². The van der Waals surface area contributed by atoms with Crippen LogP contribution in [0.4, 0.5) is 0 Å². The van der Waals surface area contributed by atoms with E-state index in [2.05, 4.69) is 46.4 Å². The number of rotatable bonds is 8. The fourth-order valence-electron chi connectivity index (χ4n) is 5.07. The molecule has 0 radical (unpaired) electrons. The second kappa shape index (κ2) is 10.9. The molecule has 2 aromatic heterocycles. The summed E-state index contributed by atoms with van der Waals surface area (Å²) in [4.78, 5) is 9.15. The number of hydrogen-bond donors (Lipinski definition) is 0. The third kappa shape index (κ3) is 4.69. The van der Waals surface area contributed by atoms with Crippen LogP contribution in [0.1, 0.15) is 33.6 Å². The van der Waals surface area contributed by atoms with E-state index in [1.807, 2.05) is 97.1 Å². The van der Waals surface area contributed by atoms with E-state index in [1.165, 1.54) is 0 Å². The van der Waals surface area contributed by atoms with Crippen LogP contribution in [-0.4, -0.2) is 9.97 Å². The molecule has 3 aromatic carbocycles. The monoisotopic (exact) mass is 490 g/mol. The molecule has 0 spiro atoms. The van der Waals surface area contributed by atoms with Gasteiger partial charge in [0.1, 0.15) is 10.8 Å². The maximum absolute atomic E-state index is 10.5. The van der Waals surface area contributed by atoms with Gasteiger partial charge >= 0.3 is 0 Å². The average Bonchev–Trinajstić information content (AvgIpc) is 3.01. The standard InChI is InChI=1S/C34H26N4/c35-25-33(29-11-3-1-4-12-29,31-15-7-9-21-37-31)23-27-17-19-28(20-18-27)24-34(26-36,30-13-5-2-6-14-30)32-16-8-10-22-38-32/h1-22H,23-24H2. The topological polar surface area (TPSA) is 73.4 Å². The molecule has 0 saturated heterocycles. The van der Waals surface area contributed by atoms with Crippen LogP contribution in [0.15, 0.2) is 134 Å². The summed E-state index contributed by atoms with van der Waals surface area (Å²) in [6, 6.07) is 44.5. The van der Waals surface area contributed by atoms with E-state index >= 15 is 0 Å². The van der Waals surface area contributed by atoms with Gasteiger partial charge in [-0.1, -0.05) is 97.1 Å². The molecule has 0 amide bonds. The Morgan fingerprint density at radius 1 is 0.474 bits per heavy atom. The zero-order valence-corrected chi connectivity index (χ0v) is 20.9. The predicted molar refractivity (Wildman–Crippen MR) is 148 cm³/mol. The van der Waals surface area contributed by atoms with Gasteiger partial charge in [-0.2, -0.15) is 10.5 Å². The van der Waals surface area contributed by atoms with Crippen LogP contribution in [0.25, 0.3) is 0 Å². The highest BCUT2D eigenvalue weighted by Gasteiger charge is 2.38. The Morgan fingerprint density at radius 3 is 1.16 bits per heavy atom. The van der Waals surface area contributed by atoms with Crippen LogP contribution in [0, 0.1) is 22.7 Å². The van der Waals surface area contributed by atoms with Gasteiger partial charge in [0.15, 0.2) is 0 Å². The lowest BCUT2D eigenvalue weighted by atomic mass is 9.72. The summed E-state index contributed by atoms with van der Waals surface area (Å²) in [5.74, 6) is 0. The minimum absolute atomic E-state index is 0.479. The molecule has 4 heteroatoms. The molecule has 2 heterocycles. The molecule has 2 atom stereocenters. The van der Waals surface area contributed by atoms with Crippen LogP contribution in [0.5, 0.6) is 0 Å². The van der Waals surface area contributed by atoms with Gasteiger partial charge in [-0.05, 0) is 46.5 Å². The Hall–Kier alpha value is -5.06. The van der Waals surface area contributed by atoms with Crippen molar-refractivity contribution in [3.8, 4) is 12.1 Å². The van der Waals surface area contributed by atoms with E-state index in [0.29, 0.717) is 12.8 Å². The average molecular weight is 491 g/mol.